The monoisotopic (exact) mass is 459 g/mol. The van der Waals surface area contributed by atoms with Crippen LogP contribution in [-0.2, 0) is 4.79 Å². The molecule has 0 spiro atoms. The molecule has 4 aromatic rings. The standard InChI is InChI=1S/C24H21N5O3S/c1-15-6-3-4-8-19(15)29-22(17-7-5-11-25-13-17)27-28-24(29)33-16(2)23(30)26-18-9-10-20-21(12-18)32-14-31-20/h3-13,16H,14H2,1-2H3,(H,26,30)/t16-/m1/s1. The van der Waals surface area contributed by atoms with Gasteiger partial charge in [-0.3, -0.25) is 14.3 Å². The van der Waals surface area contributed by atoms with Crippen molar-refractivity contribution in [1.29, 1.82) is 0 Å². The molecule has 166 valence electrons. The first-order valence-corrected chi connectivity index (χ1v) is 11.3. The number of pyridine rings is 1. The number of ether oxygens (including phenoxy) is 2. The van der Waals surface area contributed by atoms with Gasteiger partial charge in [0.05, 0.1) is 10.9 Å². The number of aromatic nitrogens is 4. The number of fused-ring (bicyclic) bond motifs is 1. The number of para-hydroxylation sites is 1. The van der Waals surface area contributed by atoms with E-state index in [2.05, 4.69) is 20.5 Å². The fraction of sp³-hybridized carbons (Fsp3) is 0.167. The van der Waals surface area contributed by atoms with Crippen LogP contribution in [0.25, 0.3) is 17.1 Å². The Bertz CT molecular complexity index is 1310. The molecular weight excluding hydrogens is 438 g/mol. The first kappa shape index (κ1) is 21.0. The number of hydrogen-bond donors (Lipinski definition) is 1. The van der Waals surface area contributed by atoms with Crippen LogP contribution in [0.1, 0.15) is 12.5 Å². The average molecular weight is 460 g/mol. The summed E-state index contributed by atoms with van der Waals surface area (Å²) in [5, 5.41) is 12.0. The highest BCUT2D eigenvalue weighted by atomic mass is 32.2. The third-order valence-electron chi connectivity index (χ3n) is 5.20. The fourth-order valence-electron chi connectivity index (χ4n) is 3.49. The van der Waals surface area contributed by atoms with E-state index in [0.717, 1.165) is 16.8 Å². The highest BCUT2D eigenvalue weighted by Gasteiger charge is 2.23. The van der Waals surface area contributed by atoms with Crippen molar-refractivity contribution in [3.63, 3.8) is 0 Å². The minimum Gasteiger partial charge on any atom is -0.454 e. The molecule has 0 radical (unpaired) electrons. The molecule has 1 amide bonds. The molecule has 33 heavy (non-hydrogen) atoms. The third kappa shape index (κ3) is 4.27. The Morgan fingerprint density at radius 2 is 1.94 bits per heavy atom. The number of amides is 1. The van der Waals surface area contributed by atoms with Gasteiger partial charge in [-0.25, -0.2) is 0 Å². The quantitative estimate of drug-likeness (QED) is 0.425. The van der Waals surface area contributed by atoms with E-state index in [1.165, 1.54) is 11.8 Å². The number of rotatable bonds is 6. The molecule has 9 heteroatoms. The Morgan fingerprint density at radius 3 is 2.76 bits per heavy atom. The molecule has 0 unspecified atom stereocenters. The van der Waals surface area contributed by atoms with Crippen LogP contribution in [0.4, 0.5) is 5.69 Å². The molecule has 0 fully saturated rings. The Labute approximate surface area is 195 Å². The molecule has 1 aliphatic heterocycles. The van der Waals surface area contributed by atoms with Gasteiger partial charge in [0.2, 0.25) is 12.7 Å². The lowest BCUT2D eigenvalue weighted by Gasteiger charge is -2.15. The van der Waals surface area contributed by atoms with E-state index in [0.29, 0.717) is 28.2 Å². The minimum atomic E-state index is -0.427. The van der Waals surface area contributed by atoms with Gasteiger partial charge in [0.15, 0.2) is 22.5 Å². The fourth-order valence-corrected chi connectivity index (χ4v) is 4.35. The van der Waals surface area contributed by atoms with Crippen molar-refractivity contribution in [2.24, 2.45) is 0 Å². The number of hydrogen-bond acceptors (Lipinski definition) is 7. The van der Waals surface area contributed by atoms with Gasteiger partial charge in [0.1, 0.15) is 0 Å². The van der Waals surface area contributed by atoms with Crippen LogP contribution >= 0.6 is 11.8 Å². The molecule has 1 N–H and O–H groups in total. The zero-order valence-corrected chi connectivity index (χ0v) is 18.9. The van der Waals surface area contributed by atoms with Gasteiger partial charge < -0.3 is 14.8 Å². The maximum Gasteiger partial charge on any atom is 0.237 e. The SMILES string of the molecule is Cc1ccccc1-n1c(S[C@H](C)C(=O)Nc2ccc3c(c2)OCO3)nnc1-c1cccnc1. The summed E-state index contributed by atoms with van der Waals surface area (Å²) in [6.07, 6.45) is 3.47. The van der Waals surface area contributed by atoms with Gasteiger partial charge in [-0.1, -0.05) is 30.0 Å². The van der Waals surface area contributed by atoms with Crippen molar-refractivity contribution >= 4 is 23.4 Å². The number of aryl methyl sites for hydroxylation is 1. The Hall–Kier alpha value is -3.85. The largest absolute Gasteiger partial charge is 0.454 e. The lowest BCUT2D eigenvalue weighted by atomic mass is 10.2. The van der Waals surface area contributed by atoms with Gasteiger partial charge in [-0.15, -0.1) is 10.2 Å². The molecule has 2 aromatic heterocycles. The second-order valence-corrected chi connectivity index (χ2v) is 8.80. The number of anilines is 1. The molecule has 2 aromatic carbocycles. The van der Waals surface area contributed by atoms with Crippen LogP contribution in [0.3, 0.4) is 0 Å². The van der Waals surface area contributed by atoms with E-state index in [1.54, 1.807) is 30.6 Å². The van der Waals surface area contributed by atoms with E-state index >= 15 is 0 Å². The van der Waals surface area contributed by atoms with E-state index in [9.17, 15) is 4.79 Å². The summed E-state index contributed by atoms with van der Waals surface area (Å²) in [5.41, 5.74) is 3.51. The molecule has 1 atom stereocenters. The molecule has 8 nitrogen and oxygen atoms in total. The van der Waals surface area contributed by atoms with E-state index in [4.69, 9.17) is 9.47 Å². The summed E-state index contributed by atoms with van der Waals surface area (Å²) in [6.45, 7) is 4.06. The summed E-state index contributed by atoms with van der Waals surface area (Å²) >= 11 is 1.34. The zero-order chi connectivity index (χ0) is 22.8. The summed E-state index contributed by atoms with van der Waals surface area (Å²) in [6, 6.07) is 17.1. The molecule has 1 aliphatic rings. The van der Waals surface area contributed by atoms with E-state index in [-0.39, 0.29) is 12.7 Å². The first-order valence-electron chi connectivity index (χ1n) is 10.4. The van der Waals surface area contributed by atoms with Crippen LogP contribution in [0, 0.1) is 6.92 Å². The number of carbonyl (C=O) groups is 1. The number of benzene rings is 2. The van der Waals surface area contributed by atoms with Crippen molar-refractivity contribution in [2.45, 2.75) is 24.3 Å². The highest BCUT2D eigenvalue weighted by Crippen LogP contribution is 2.35. The Kier molecular flexibility index (Phi) is 5.70. The lowest BCUT2D eigenvalue weighted by Crippen LogP contribution is -2.23. The van der Waals surface area contributed by atoms with E-state index < -0.39 is 5.25 Å². The van der Waals surface area contributed by atoms with Crippen LogP contribution in [0.2, 0.25) is 0 Å². The first-order chi connectivity index (χ1) is 16.1. The highest BCUT2D eigenvalue weighted by molar-refractivity contribution is 8.00. The summed E-state index contributed by atoms with van der Waals surface area (Å²) in [4.78, 5) is 17.2. The van der Waals surface area contributed by atoms with Gasteiger partial charge in [-0.2, -0.15) is 0 Å². The van der Waals surface area contributed by atoms with E-state index in [1.807, 2.05) is 54.8 Å². The maximum absolute atomic E-state index is 12.9. The Morgan fingerprint density at radius 1 is 1.09 bits per heavy atom. The predicted octanol–water partition coefficient (Wildman–Crippen LogP) is 4.49. The summed E-state index contributed by atoms with van der Waals surface area (Å²) in [7, 11) is 0. The van der Waals surface area contributed by atoms with Crippen molar-refractivity contribution in [2.75, 3.05) is 12.1 Å². The van der Waals surface area contributed by atoms with Crippen molar-refractivity contribution in [3.8, 4) is 28.6 Å². The number of nitrogens with zero attached hydrogens (tertiary/aromatic N) is 4. The Balaban J connectivity index is 1.42. The normalized spacial score (nSPS) is 13.0. The average Bonchev–Trinajstić information content (AvgIpc) is 3.46. The number of thioether (sulfide) groups is 1. The van der Waals surface area contributed by atoms with Crippen molar-refractivity contribution in [3.05, 3.63) is 72.6 Å². The molecule has 0 saturated carbocycles. The molecule has 0 aliphatic carbocycles. The third-order valence-corrected chi connectivity index (χ3v) is 6.24. The predicted molar refractivity (Wildman–Crippen MR) is 126 cm³/mol. The molecule has 0 bridgehead atoms. The van der Waals surface area contributed by atoms with Gasteiger partial charge in [0.25, 0.3) is 0 Å². The number of nitrogens with one attached hydrogen (secondary N) is 1. The summed E-state index contributed by atoms with van der Waals surface area (Å²) in [5.74, 6) is 1.81. The molecule has 0 saturated heterocycles. The topological polar surface area (TPSA) is 91.2 Å². The minimum absolute atomic E-state index is 0.152. The zero-order valence-electron chi connectivity index (χ0n) is 18.1. The van der Waals surface area contributed by atoms with Crippen LogP contribution in [0.5, 0.6) is 11.5 Å². The smallest absolute Gasteiger partial charge is 0.237 e. The van der Waals surface area contributed by atoms with Crippen molar-refractivity contribution < 1.29 is 14.3 Å². The van der Waals surface area contributed by atoms with Gasteiger partial charge in [-0.05, 0) is 49.7 Å². The van der Waals surface area contributed by atoms with Crippen LogP contribution in [0.15, 0.2) is 72.1 Å². The lowest BCUT2D eigenvalue weighted by molar-refractivity contribution is -0.115. The van der Waals surface area contributed by atoms with Gasteiger partial charge >= 0.3 is 0 Å². The van der Waals surface area contributed by atoms with Gasteiger partial charge in [0, 0.05) is 29.7 Å². The second-order valence-electron chi connectivity index (χ2n) is 7.49. The second kappa shape index (κ2) is 8.95. The van der Waals surface area contributed by atoms with Crippen LogP contribution in [-0.4, -0.2) is 37.7 Å². The molecule has 3 heterocycles. The maximum atomic E-state index is 12.9. The number of carbonyl (C=O) groups excluding carboxylic acids is 1. The summed E-state index contributed by atoms with van der Waals surface area (Å²) < 4.78 is 12.7. The molecule has 5 rings (SSSR count). The van der Waals surface area contributed by atoms with Crippen molar-refractivity contribution in [1.82, 2.24) is 19.7 Å². The molecular formula is C24H21N5O3S. The van der Waals surface area contributed by atoms with Crippen LogP contribution < -0.4 is 14.8 Å².